The number of aromatic amines is 3. The fourth-order valence-corrected chi connectivity index (χ4v) is 20.3. The first kappa shape index (κ1) is 85.2. The number of aliphatic hydroxyl groups is 6. The molecule has 6 fully saturated rings. The number of halogens is 2. The maximum atomic E-state index is 13.2. The molecule has 6 aliphatic carbocycles. The first-order valence-electron chi connectivity index (χ1n) is 43.7. The van der Waals surface area contributed by atoms with E-state index in [9.17, 15) is 39.4 Å². The van der Waals surface area contributed by atoms with Crippen LogP contribution in [0.2, 0.25) is 0 Å². The molecule has 0 spiro atoms. The number of nitrogen functional groups attached to an aromatic ring is 3. The highest BCUT2D eigenvalue weighted by Crippen LogP contribution is 2.46. The number of nitrogens with zero attached hydrogens (tertiary/aromatic N) is 15. The Morgan fingerprint density at radius 2 is 0.826 bits per heavy atom. The Balaban J connectivity index is 0.000000135. The zero-order valence-electron chi connectivity index (χ0n) is 71.6. The summed E-state index contributed by atoms with van der Waals surface area (Å²) in [6.07, 6.45) is 16.6. The quantitative estimate of drug-likeness (QED) is 0.0253. The van der Waals surface area contributed by atoms with E-state index in [2.05, 4.69) is 175 Å². The Morgan fingerprint density at radius 1 is 0.463 bits per heavy atom. The Morgan fingerprint density at radius 3 is 1.21 bits per heavy atom. The number of ether oxygens (including phenoxy) is 1. The van der Waals surface area contributed by atoms with Crippen LogP contribution in [-0.2, 0) is 30.1 Å². The van der Waals surface area contributed by atoms with Crippen molar-refractivity contribution < 1.29 is 44.2 Å². The highest BCUT2D eigenvalue weighted by atomic mass is 19.3. The number of rotatable bonds is 25. The highest BCUT2D eigenvalue weighted by Gasteiger charge is 2.49. The zero-order valence-corrected chi connectivity index (χ0v) is 71.6. The lowest BCUT2D eigenvalue weighted by atomic mass is 9.76. The van der Waals surface area contributed by atoms with Gasteiger partial charge < -0.3 is 91.0 Å². The van der Waals surface area contributed by atoms with E-state index in [1.165, 1.54) is 49.0 Å². The van der Waals surface area contributed by atoms with Crippen LogP contribution in [0, 0.1) is 35.5 Å². The van der Waals surface area contributed by atoms with Gasteiger partial charge in [-0.25, -0.2) is 44.9 Å². The van der Waals surface area contributed by atoms with Gasteiger partial charge >= 0.3 is 6.11 Å². The zero-order chi connectivity index (χ0) is 85.4. The van der Waals surface area contributed by atoms with Crippen LogP contribution in [0.3, 0.4) is 0 Å². The van der Waals surface area contributed by atoms with Crippen LogP contribution in [0.1, 0.15) is 193 Å². The minimum Gasteiger partial charge on any atom is -0.433 e. The summed E-state index contributed by atoms with van der Waals surface area (Å²) < 4.78 is 36.9. The largest absolute Gasteiger partial charge is 0.433 e. The Kier molecular flexibility index (Phi) is 24.2. The minimum atomic E-state index is -3.24. The van der Waals surface area contributed by atoms with E-state index in [1.807, 2.05) is 50.5 Å². The van der Waals surface area contributed by atoms with E-state index in [-0.39, 0.29) is 52.5 Å². The van der Waals surface area contributed by atoms with Crippen molar-refractivity contribution in [2.24, 2.45) is 35.5 Å². The molecule has 3 aromatic carbocycles. The van der Waals surface area contributed by atoms with Crippen LogP contribution in [-0.4, -0.2) is 219 Å². The average molecular weight is 1660 g/mol. The number of H-pyrrole nitrogens is 3. The lowest BCUT2D eigenvalue weighted by molar-refractivity contribution is -0.158. The van der Waals surface area contributed by atoms with Gasteiger partial charge in [0.1, 0.15) is 94.9 Å². The number of hydrogen-bond acceptors (Lipinski definition) is 22. The second-order valence-corrected chi connectivity index (χ2v) is 38.3. The van der Waals surface area contributed by atoms with Gasteiger partial charge in [-0.2, -0.15) is 8.78 Å². The standard InChI is InChI=1S/C31H43N7O2.C30H39F2N7O3.C30H41N7O2/c1-5-37(16-19-14-25(28(40)27(19)39)38-11-10-22-29(32)33-17-34-30(22)38)21-12-18(13-21)6-9-26-35-23-8-7-20(31(2,3)4)15-24(23)36-26;1-16(2)39(14-18-12-24(27(41)26(18)40)38-9-8-21-28(33)34-15-35-29(21)38)19-10-17(11-19)4-7-25-36-22-6-5-20(13-23(22)37-25)42-30(3,31)32;1-30(2,3)19-6-7-22-23(14-19)35-25(34-22)8-5-17-11-20(12-17)36(4)15-18-13-24(27(39)26(18)38)37-10-9-21-28(31)32-16-33-29(21)37/h7-8,10-11,15,17-19,21,25,27-28,39-40H,5-6,9,12-14,16H2,1-4H3,(H,35,36)(H2,32,33,34);5-6,8-9,13,15-19,24,26-27,40-41H,4,7,10-12,14H2,1-3H3,(H,36,37)(H2,33,34,35);6-7,9-10,14,16-18,20,24,26-27,38-39H,5,8,11-13,15H2,1-4H3,(H,34,35)(H2,31,32,33)/t18?,19-,21?,25-,27-,28+;17?,18-,19?,24-,26-,27+;17?,18-,20?,24-,26-,27+/m111/s1. The molecule has 12 atom stereocenters. The molecule has 648 valence electrons. The third kappa shape index (κ3) is 18.1. The fourth-order valence-electron chi connectivity index (χ4n) is 20.3. The first-order chi connectivity index (χ1) is 57.7. The van der Waals surface area contributed by atoms with Crippen molar-refractivity contribution in [3.63, 3.8) is 0 Å². The molecule has 6 aliphatic rings. The van der Waals surface area contributed by atoms with Gasteiger partial charge in [0.25, 0.3) is 0 Å². The van der Waals surface area contributed by atoms with Gasteiger partial charge in [0.15, 0.2) is 0 Å². The molecule has 12 aromatic rings. The normalized spacial score (nSPS) is 27.1. The molecule has 0 aliphatic heterocycles. The Hall–Kier alpha value is -9.37. The summed E-state index contributed by atoms with van der Waals surface area (Å²) in [6.45, 7) is 23.9. The maximum absolute atomic E-state index is 13.2. The van der Waals surface area contributed by atoms with E-state index in [4.69, 9.17) is 27.2 Å². The summed E-state index contributed by atoms with van der Waals surface area (Å²) in [5.41, 5.74) is 28.7. The van der Waals surface area contributed by atoms with Crippen molar-refractivity contribution >= 4 is 83.7 Å². The lowest BCUT2D eigenvalue weighted by Gasteiger charge is -2.46. The molecular weight excluding hydrogens is 1540 g/mol. The molecular formula is C91H123F2N21O7. The number of hydrogen-bond donors (Lipinski definition) is 12. The molecule has 6 saturated carbocycles. The summed E-state index contributed by atoms with van der Waals surface area (Å²) >= 11 is 0. The number of anilines is 3. The van der Waals surface area contributed by atoms with E-state index in [0.717, 1.165) is 152 Å². The molecule has 0 bridgehead atoms. The van der Waals surface area contributed by atoms with E-state index in [1.54, 1.807) is 12.1 Å². The van der Waals surface area contributed by atoms with Gasteiger partial charge in [0.2, 0.25) is 0 Å². The van der Waals surface area contributed by atoms with Crippen molar-refractivity contribution in [1.29, 1.82) is 0 Å². The number of aliphatic hydroxyl groups excluding tert-OH is 6. The highest BCUT2D eigenvalue weighted by molar-refractivity contribution is 5.88. The van der Waals surface area contributed by atoms with Gasteiger partial charge in [-0.3, -0.25) is 4.90 Å². The monoisotopic (exact) mass is 1660 g/mol. The van der Waals surface area contributed by atoms with Gasteiger partial charge in [-0.05, 0) is 199 Å². The van der Waals surface area contributed by atoms with Gasteiger partial charge in [0.05, 0.1) is 85.7 Å². The molecule has 0 unspecified atom stereocenters. The predicted molar refractivity (Wildman–Crippen MR) is 466 cm³/mol. The number of aromatic nitrogens is 15. The third-order valence-electron chi connectivity index (χ3n) is 27.7. The summed E-state index contributed by atoms with van der Waals surface area (Å²) in [7, 11) is 2.15. The third-order valence-corrected chi connectivity index (χ3v) is 27.7. The summed E-state index contributed by atoms with van der Waals surface area (Å²) in [5, 5.41) is 68.1. The van der Waals surface area contributed by atoms with Crippen molar-refractivity contribution in [3.8, 4) is 5.75 Å². The number of nitrogens with two attached hydrogens (primary N) is 3. The van der Waals surface area contributed by atoms with E-state index in [0.29, 0.717) is 108 Å². The first-order valence-corrected chi connectivity index (χ1v) is 43.7. The Bertz CT molecular complexity index is 5570. The molecule has 9 heterocycles. The van der Waals surface area contributed by atoms with Gasteiger partial charge in [0, 0.05) is 112 Å². The van der Waals surface area contributed by atoms with Crippen LogP contribution >= 0.6 is 0 Å². The average Bonchev–Trinajstić information content (AvgIpc) is 1.61. The van der Waals surface area contributed by atoms with Crippen molar-refractivity contribution in [1.82, 2.24) is 88.2 Å². The van der Waals surface area contributed by atoms with Crippen LogP contribution in [0.5, 0.6) is 5.75 Å². The number of benzene rings is 3. The number of aryl methyl sites for hydroxylation is 3. The molecule has 9 aromatic heterocycles. The summed E-state index contributed by atoms with van der Waals surface area (Å²) in [5.74, 6) is 6.24. The van der Waals surface area contributed by atoms with Crippen LogP contribution in [0.15, 0.2) is 110 Å². The Labute approximate surface area is 704 Å². The van der Waals surface area contributed by atoms with E-state index < -0.39 is 42.7 Å². The molecule has 0 amide bonds. The van der Waals surface area contributed by atoms with Crippen molar-refractivity contribution in [2.45, 2.75) is 261 Å². The second-order valence-electron chi connectivity index (χ2n) is 38.3. The SMILES string of the molecule is CC(C)N(C[C@H]1C[C@@H](n2ccc3c(N)ncnc32)[C@H](O)[C@@H]1O)C1CC(CCc2nc3ccc(OC(C)(F)F)cc3[nH]2)C1.CCN(C[C@H]1C[C@@H](n2ccc3c(N)ncnc32)[C@H](O)[C@@H]1O)C1CC(CCc2nc3ccc(C(C)(C)C)cc3[nH]2)C1.CN(C[C@H]1C[C@@H](n2ccc3c(N)ncnc32)[C@H](O)[C@@H]1O)C1CC(CCc2nc3ccc(C(C)(C)C)cc3[nH]2)C1. The molecule has 18 rings (SSSR count). The van der Waals surface area contributed by atoms with Crippen LogP contribution in [0.25, 0.3) is 66.2 Å². The maximum Gasteiger partial charge on any atom is 0.394 e. The topological polar surface area (TPSA) is 397 Å². The molecule has 0 saturated heterocycles. The summed E-state index contributed by atoms with van der Waals surface area (Å²) in [6, 6.07) is 24.5. The van der Waals surface area contributed by atoms with E-state index >= 15 is 0 Å². The van der Waals surface area contributed by atoms with Crippen molar-refractivity contribution in [3.05, 3.63) is 139 Å². The molecule has 15 N–H and O–H groups in total. The minimum absolute atomic E-state index is 0.000720. The van der Waals surface area contributed by atoms with Crippen LogP contribution < -0.4 is 21.9 Å². The lowest BCUT2D eigenvalue weighted by Crippen LogP contribution is -2.51. The smallest absolute Gasteiger partial charge is 0.394 e. The number of alkyl halides is 2. The molecule has 30 heteroatoms. The second kappa shape index (κ2) is 34.4. The number of fused-ring (bicyclic) bond motifs is 6. The van der Waals surface area contributed by atoms with Gasteiger partial charge in [-0.1, -0.05) is 60.6 Å². The number of imidazole rings is 3. The van der Waals surface area contributed by atoms with Crippen LogP contribution in [0.4, 0.5) is 26.2 Å². The molecule has 121 heavy (non-hydrogen) atoms. The van der Waals surface area contributed by atoms with Gasteiger partial charge in [-0.15, -0.1) is 0 Å². The molecule has 28 nitrogen and oxygen atoms in total. The fraction of sp³-hybridized carbons (Fsp3) is 0.571. The predicted octanol–water partition coefficient (Wildman–Crippen LogP) is 12.3. The number of nitrogens with one attached hydrogen (secondary N) is 3. The molecule has 0 radical (unpaired) electrons. The van der Waals surface area contributed by atoms with Crippen molar-refractivity contribution in [2.75, 3.05) is 50.4 Å². The summed E-state index contributed by atoms with van der Waals surface area (Å²) in [4.78, 5) is 57.3.